The Hall–Kier alpha value is -5.42. The van der Waals surface area contributed by atoms with Crippen LogP contribution in [0.3, 0.4) is 0 Å². The van der Waals surface area contributed by atoms with E-state index in [0.29, 0.717) is 13.2 Å². The first-order chi connectivity index (χ1) is 24.6. The Morgan fingerprint density at radius 2 is 1.12 bits per heavy atom. The molecule has 0 atom stereocenters. The Balaban J connectivity index is 1.39. The van der Waals surface area contributed by atoms with Crippen LogP contribution in [0.15, 0.2) is 127 Å². The van der Waals surface area contributed by atoms with Crippen molar-refractivity contribution in [3.63, 3.8) is 0 Å². The molecule has 6 aromatic rings. The van der Waals surface area contributed by atoms with Gasteiger partial charge in [0, 0.05) is 28.4 Å². The summed E-state index contributed by atoms with van der Waals surface area (Å²) in [6.07, 6.45) is 0. The first kappa shape index (κ1) is 31.6. The molecule has 3 aliphatic rings. The second kappa shape index (κ2) is 11.6. The standard InChI is InChI=1S/C46H43BN2O2/c1-45(2,3)32-19-22-34(23-20-32)48-38-24-21-33(46(4,5)6)29-36(38)47-35-15-10-11-16-37(35)49(39-17-12-18-42-44(39)51-26-25-50-42)41-28-31(27-40(48)43(41)47)30-13-8-7-9-14-30/h7-24,27-29H,25-26H2,1-6H3. The summed E-state index contributed by atoms with van der Waals surface area (Å²) in [5, 5.41) is 0. The van der Waals surface area contributed by atoms with E-state index in [0.717, 1.165) is 34.2 Å². The molecule has 0 bridgehead atoms. The molecule has 0 saturated heterocycles. The minimum atomic E-state index is -0.00481. The number of hydrogen-bond donors (Lipinski definition) is 0. The van der Waals surface area contributed by atoms with Gasteiger partial charge in [-0.25, -0.2) is 0 Å². The molecule has 6 aromatic carbocycles. The van der Waals surface area contributed by atoms with Crippen molar-refractivity contribution in [2.75, 3.05) is 23.0 Å². The largest absolute Gasteiger partial charge is 0.486 e. The number of rotatable bonds is 3. The van der Waals surface area contributed by atoms with Crippen molar-refractivity contribution >= 4 is 57.2 Å². The molecule has 0 aromatic heterocycles. The van der Waals surface area contributed by atoms with Gasteiger partial charge in [0.25, 0.3) is 6.71 Å². The molecular formula is C46H43BN2O2. The SMILES string of the molecule is CC(C)(C)c1ccc(N2c3ccc(C(C)(C)C)cc3B3c4ccccc4N(c4cccc5c4OCCO5)c4cc(-c5ccccc5)cc2c43)cc1. The number of hydrogen-bond acceptors (Lipinski definition) is 4. The third-order valence-corrected chi connectivity index (χ3v) is 10.7. The molecule has 0 N–H and O–H groups in total. The van der Waals surface area contributed by atoms with Crippen LogP contribution in [0.25, 0.3) is 11.1 Å². The molecule has 3 heterocycles. The predicted octanol–water partition coefficient (Wildman–Crippen LogP) is 9.80. The Labute approximate surface area is 302 Å². The summed E-state index contributed by atoms with van der Waals surface area (Å²) in [7, 11) is 0. The number of para-hydroxylation sites is 2. The highest BCUT2D eigenvalue weighted by atomic mass is 16.6. The first-order valence-corrected chi connectivity index (χ1v) is 18.1. The van der Waals surface area contributed by atoms with Crippen LogP contribution in [0, 0.1) is 0 Å². The molecule has 252 valence electrons. The summed E-state index contributed by atoms with van der Waals surface area (Å²) in [6, 6.07) is 47.1. The number of ether oxygens (including phenoxy) is 2. The van der Waals surface area contributed by atoms with Gasteiger partial charge in [-0.3, -0.25) is 0 Å². The van der Waals surface area contributed by atoms with Crippen LogP contribution in [0.5, 0.6) is 11.5 Å². The van der Waals surface area contributed by atoms with E-state index in [1.165, 1.54) is 50.0 Å². The lowest BCUT2D eigenvalue weighted by Gasteiger charge is -2.45. The van der Waals surface area contributed by atoms with E-state index in [2.05, 4.69) is 173 Å². The normalized spacial score (nSPS) is 14.5. The minimum Gasteiger partial charge on any atom is -0.486 e. The van der Waals surface area contributed by atoms with Crippen molar-refractivity contribution in [3.05, 3.63) is 139 Å². The van der Waals surface area contributed by atoms with Crippen molar-refractivity contribution in [1.29, 1.82) is 0 Å². The van der Waals surface area contributed by atoms with E-state index < -0.39 is 0 Å². The van der Waals surface area contributed by atoms with Crippen LogP contribution in [0.4, 0.5) is 34.1 Å². The van der Waals surface area contributed by atoms with Gasteiger partial charge in [-0.05, 0) is 98.0 Å². The Kier molecular flexibility index (Phi) is 7.15. The monoisotopic (exact) mass is 666 g/mol. The lowest BCUT2D eigenvalue weighted by atomic mass is 9.33. The maximum atomic E-state index is 6.41. The fourth-order valence-corrected chi connectivity index (χ4v) is 8.10. The van der Waals surface area contributed by atoms with Crippen LogP contribution in [-0.2, 0) is 10.8 Å². The van der Waals surface area contributed by atoms with Gasteiger partial charge in [0.15, 0.2) is 11.5 Å². The summed E-state index contributed by atoms with van der Waals surface area (Å²) >= 11 is 0. The van der Waals surface area contributed by atoms with E-state index in [1.807, 2.05) is 6.07 Å². The Morgan fingerprint density at radius 3 is 1.86 bits per heavy atom. The van der Waals surface area contributed by atoms with Crippen molar-refractivity contribution in [3.8, 4) is 22.6 Å². The van der Waals surface area contributed by atoms with Crippen LogP contribution in [0.1, 0.15) is 52.7 Å². The summed E-state index contributed by atoms with van der Waals surface area (Å²) in [5.41, 5.74) is 15.8. The molecule has 5 heteroatoms. The number of fused-ring (bicyclic) bond motifs is 5. The lowest BCUT2D eigenvalue weighted by molar-refractivity contribution is 0.172. The van der Waals surface area contributed by atoms with Gasteiger partial charge < -0.3 is 19.3 Å². The van der Waals surface area contributed by atoms with Crippen molar-refractivity contribution < 1.29 is 9.47 Å². The molecule has 0 aliphatic carbocycles. The Morgan fingerprint density at radius 1 is 0.490 bits per heavy atom. The third kappa shape index (κ3) is 5.13. The van der Waals surface area contributed by atoms with Crippen molar-refractivity contribution in [1.82, 2.24) is 0 Å². The summed E-state index contributed by atoms with van der Waals surface area (Å²) < 4.78 is 12.6. The number of nitrogens with zero attached hydrogens (tertiary/aromatic N) is 2. The summed E-state index contributed by atoms with van der Waals surface area (Å²) in [6.45, 7) is 14.9. The highest BCUT2D eigenvalue weighted by molar-refractivity contribution is 7.00. The molecule has 0 radical (unpaired) electrons. The van der Waals surface area contributed by atoms with E-state index in [-0.39, 0.29) is 17.5 Å². The topological polar surface area (TPSA) is 24.9 Å². The minimum absolute atomic E-state index is 0.00481. The molecule has 0 unspecified atom stereocenters. The third-order valence-electron chi connectivity index (χ3n) is 10.7. The molecule has 0 fully saturated rings. The Bertz CT molecular complexity index is 2300. The average Bonchev–Trinajstić information content (AvgIpc) is 3.14. The van der Waals surface area contributed by atoms with Crippen LogP contribution in [-0.4, -0.2) is 19.9 Å². The maximum Gasteiger partial charge on any atom is 0.252 e. The zero-order chi connectivity index (χ0) is 35.1. The molecule has 0 spiro atoms. The predicted molar refractivity (Wildman–Crippen MR) is 214 cm³/mol. The van der Waals surface area contributed by atoms with E-state index >= 15 is 0 Å². The van der Waals surface area contributed by atoms with E-state index in [1.54, 1.807) is 0 Å². The fourth-order valence-electron chi connectivity index (χ4n) is 8.10. The fraction of sp³-hybridized carbons (Fsp3) is 0.217. The molecule has 0 amide bonds. The quantitative estimate of drug-likeness (QED) is 0.175. The van der Waals surface area contributed by atoms with E-state index in [4.69, 9.17) is 9.47 Å². The zero-order valence-corrected chi connectivity index (χ0v) is 30.3. The van der Waals surface area contributed by atoms with Crippen molar-refractivity contribution in [2.24, 2.45) is 0 Å². The molecule has 4 nitrogen and oxygen atoms in total. The maximum absolute atomic E-state index is 6.41. The molecule has 3 aliphatic heterocycles. The van der Waals surface area contributed by atoms with Crippen LogP contribution < -0.4 is 35.7 Å². The molecule has 9 rings (SSSR count). The molecule has 0 saturated carbocycles. The highest BCUT2D eigenvalue weighted by Gasteiger charge is 2.44. The van der Waals surface area contributed by atoms with Gasteiger partial charge in [0.05, 0.1) is 5.69 Å². The zero-order valence-electron chi connectivity index (χ0n) is 30.3. The smallest absolute Gasteiger partial charge is 0.252 e. The van der Waals surface area contributed by atoms with Gasteiger partial charge in [0.2, 0.25) is 0 Å². The van der Waals surface area contributed by atoms with Gasteiger partial charge >= 0.3 is 0 Å². The van der Waals surface area contributed by atoms with Crippen molar-refractivity contribution in [2.45, 2.75) is 52.4 Å². The van der Waals surface area contributed by atoms with Gasteiger partial charge in [-0.2, -0.15) is 0 Å². The van der Waals surface area contributed by atoms with Gasteiger partial charge in [-0.15, -0.1) is 0 Å². The molecule has 51 heavy (non-hydrogen) atoms. The number of anilines is 6. The average molecular weight is 667 g/mol. The molecular weight excluding hydrogens is 623 g/mol. The van der Waals surface area contributed by atoms with E-state index in [9.17, 15) is 0 Å². The van der Waals surface area contributed by atoms with Gasteiger partial charge in [-0.1, -0.05) is 120 Å². The second-order valence-electron chi connectivity index (χ2n) is 16.1. The number of benzene rings is 6. The van der Waals surface area contributed by atoms with Crippen LogP contribution in [0.2, 0.25) is 0 Å². The first-order valence-electron chi connectivity index (χ1n) is 18.1. The summed E-state index contributed by atoms with van der Waals surface area (Å²) in [5.74, 6) is 1.57. The van der Waals surface area contributed by atoms with Crippen LogP contribution >= 0.6 is 0 Å². The second-order valence-corrected chi connectivity index (χ2v) is 16.1. The van der Waals surface area contributed by atoms with Gasteiger partial charge in [0.1, 0.15) is 13.2 Å². The lowest BCUT2D eigenvalue weighted by Crippen LogP contribution is -2.61. The highest BCUT2D eigenvalue weighted by Crippen LogP contribution is 2.50. The summed E-state index contributed by atoms with van der Waals surface area (Å²) in [4.78, 5) is 4.92.